The van der Waals surface area contributed by atoms with E-state index in [0.717, 1.165) is 26.2 Å². The van der Waals surface area contributed by atoms with Gasteiger partial charge in [0, 0.05) is 33.2 Å². The molecule has 2 heterocycles. The topological polar surface area (TPSA) is 74.5 Å². The molecular weight excluding hydrogens is 238 g/mol. The number of nitrogens with two attached hydrogens (primary N) is 1. The molecule has 0 radical (unpaired) electrons. The highest BCUT2D eigenvalue weighted by Crippen LogP contribution is 2.26. The second kappa shape index (κ2) is 4.89. The zero-order chi connectivity index (χ0) is 12.4. The van der Waals surface area contributed by atoms with Crippen LogP contribution in [-0.2, 0) is 0 Å². The monoisotopic (exact) mass is 255 g/mol. The Kier molecular flexibility index (Phi) is 3.49. The molecule has 94 valence electrons. The van der Waals surface area contributed by atoms with Gasteiger partial charge in [0.25, 0.3) is 5.91 Å². The molecule has 3 N–H and O–H groups in total. The summed E-state index contributed by atoms with van der Waals surface area (Å²) in [5, 5.41) is 3.58. The van der Waals surface area contributed by atoms with E-state index in [0.29, 0.717) is 15.8 Å². The highest BCUT2D eigenvalue weighted by Gasteiger charge is 2.24. The number of carbonyl (C=O) groups is 1. The second-order valence-electron chi connectivity index (χ2n) is 4.08. The predicted molar refractivity (Wildman–Crippen MR) is 69.5 cm³/mol. The van der Waals surface area contributed by atoms with Gasteiger partial charge in [0.05, 0.1) is 0 Å². The fourth-order valence-electron chi connectivity index (χ4n) is 1.75. The number of amides is 1. The second-order valence-corrected chi connectivity index (χ2v) is 5.08. The Balaban J connectivity index is 2.11. The lowest BCUT2D eigenvalue weighted by molar-refractivity contribution is 0.0670. The summed E-state index contributed by atoms with van der Waals surface area (Å²) in [5.74, 6) is 0.317. The number of nitrogen functional groups attached to an aromatic ring is 1. The standard InChI is InChI=1S/C10H17N5OS/c1-12-10-13-8(11)7(17-10)9(16)15-5-3-14(2)4-6-15/h3-6,11H2,1-2H3,(H,12,13). The molecule has 0 aliphatic carbocycles. The average Bonchev–Trinajstić information content (AvgIpc) is 2.71. The van der Waals surface area contributed by atoms with Crippen LogP contribution in [0.5, 0.6) is 0 Å². The van der Waals surface area contributed by atoms with Crippen LogP contribution in [0.15, 0.2) is 0 Å². The van der Waals surface area contributed by atoms with Gasteiger partial charge in [0.2, 0.25) is 0 Å². The van der Waals surface area contributed by atoms with Gasteiger partial charge < -0.3 is 20.9 Å². The lowest BCUT2D eigenvalue weighted by Gasteiger charge is -2.32. The van der Waals surface area contributed by atoms with Gasteiger partial charge in [0.15, 0.2) is 5.13 Å². The molecule has 6 nitrogen and oxygen atoms in total. The van der Waals surface area contributed by atoms with Crippen molar-refractivity contribution in [1.82, 2.24) is 14.8 Å². The van der Waals surface area contributed by atoms with E-state index in [9.17, 15) is 4.79 Å². The summed E-state index contributed by atoms with van der Waals surface area (Å²) in [7, 11) is 3.82. The minimum atomic E-state index is -0.00500. The number of thiazole rings is 1. The number of nitrogens with one attached hydrogen (secondary N) is 1. The fourth-order valence-corrected chi connectivity index (χ4v) is 2.55. The minimum absolute atomic E-state index is 0.00500. The van der Waals surface area contributed by atoms with Crippen molar-refractivity contribution in [3.8, 4) is 0 Å². The number of rotatable bonds is 2. The van der Waals surface area contributed by atoms with Crippen molar-refractivity contribution in [2.45, 2.75) is 0 Å². The molecule has 0 aromatic carbocycles. The van der Waals surface area contributed by atoms with Crippen molar-refractivity contribution in [1.29, 1.82) is 0 Å². The smallest absolute Gasteiger partial charge is 0.267 e. The van der Waals surface area contributed by atoms with Crippen LogP contribution in [0.1, 0.15) is 9.67 Å². The molecule has 1 aromatic rings. The van der Waals surface area contributed by atoms with Crippen molar-refractivity contribution in [2.75, 3.05) is 51.3 Å². The highest BCUT2D eigenvalue weighted by atomic mass is 32.1. The maximum atomic E-state index is 12.2. The minimum Gasteiger partial charge on any atom is -0.382 e. The van der Waals surface area contributed by atoms with Gasteiger partial charge in [-0.15, -0.1) is 0 Å². The Labute approximate surface area is 104 Å². The molecule has 1 fully saturated rings. The average molecular weight is 255 g/mol. The summed E-state index contributed by atoms with van der Waals surface area (Å²) in [5.41, 5.74) is 5.75. The third-order valence-corrected chi connectivity index (χ3v) is 3.93. The Hall–Kier alpha value is -1.34. The molecule has 0 bridgehead atoms. The molecule has 1 aromatic heterocycles. The molecule has 0 spiro atoms. The zero-order valence-corrected chi connectivity index (χ0v) is 10.9. The Morgan fingerprint density at radius 1 is 1.41 bits per heavy atom. The van der Waals surface area contributed by atoms with E-state index in [4.69, 9.17) is 5.73 Å². The Morgan fingerprint density at radius 3 is 2.59 bits per heavy atom. The van der Waals surface area contributed by atoms with E-state index in [1.54, 1.807) is 7.05 Å². The van der Waals surface area contributed by atoms with Crippen molar-refractivity contribution in [2.24, 2.45) is 0 Å². The van der Waals surface area contributed by atoms with Crippen LogP contribution in [0.2, 0.25) is 0 Å². The van der Waals surface area contributed by atoms with Crippen LogP contribution in [-0.4, -0.2) is 61.0 Å². The molecule has 17 heavy (non-hydrogen) atoms. The maximum absolute atomic E-state index is 12.2. The fraction of sp³-hybridized carbons (Fsp3) is 0.600. The van der Waals surface area contributed by atoms with Crippen LogP contribution in [0.25, 0.3) is 0 Å². The first-order chi connectivity index (χ1) is 8.11. The Bertz CT molecular complexity index is 411. The summed E-state index contributed by atoms with van der Waals surface area (Å²) in [6.45, 7) is 3.32. The number of piperazine rings is 1. The van der Waals surface area contributed by atoms with Crippen LogP contribution in [0.4, 0.5) is 10.9 Å². The predicted octanol–water partition coefficient (Wildman–Crippen LogP) is 0.155. The van der Waals surface area contributed by atoms with E-state index in [-0.39, 0.29) is 5.91 Å². The van der Waals surface area contributed by atoms with Crippen molar-refractivity contribution >= 4 is 28.2 Å². The summed E-state index contributed by atoms with van der Waals surface area (Å²) >= 11 is 1.31. The van der Waals surface area contributed by atoms with E-state index >= 15 is 0 Å². The number of nitrogens with zero attached hydrogens (tertiary/aromatic N) is 3. The summed E-state index contributed by atoms with van der Waals surface area (Å²) < 4.78 is 0. The van der Waals surface area contributed by atoms with E-state index in [1.807, 2.05) is 4.90 Å². The lowest BCUT2D eigenvalue weighted by atomic mass is 10.3. The van der Waals surface area contributed by atoms with Gasteiger partial charge in [-0.1, -0.05) is 11.3 Å². The van der Waals surface area contributed by atoms with E-state index in [2.05, 4.69) is 22.2 Å². The van der Waals surface area contributed by atoms with E-state index in [1.165, 1.54) is 11.3 Å². The first-order valence-corrected chi connectivity index (χ1v) is 6.35. The van der Waals surface area contributed by atoms with Gasteiger partial charge in [0.1, 0.15) is 10.7 Å². The molecule has 0 unspecified atom stereocenters. The quantitative estimate of drug-likeness (QED) is 0.787. The van der Waals surface area contributed by atoms with Gasteiger partial charge in [-0.25, -0.2) is 4.98 Å². The number of anilines is 2. The number of likely N-dealkylation sites (N-methyl/N-ethyl adjacent to an activating group) is 1. The van der Waals surface area contributed by atoms with Crippen molar-refractivity contribution in [3.05, 3.63) is 4.88 Å². The highest BCUT2D eigenvalue weighted by molar-refractivity contribution is 7.18. The van der Waals surface area contributed by atoms with Crippen LogP contribution in [0, 0.1) is 0 Å². The molecular formula is C10H17N5OS. The normalized spacial score (nSPS) is 17.2. The van der Waals surface area contributed by atoms with Crippen LogP contribution < -0.4 is 11.1 Å². The first kappa shape index (κ1) is 12.1. The Morgan fingerprint density at radius 2 is 2.06 bits per heavy atom. The molecule has 7 heteroatoms. The third kappa shape index (κ3) is 2.50. The van der Waals surface area contributed by atoms with Crippen LogP contribution in [0.3, 0.4) is 0 Å². The number of hydrogen-bond acceptors (Lipinski definition) is 6. The third-order valence-electron chi connectivity index (χ3n) is 2.85. The lowest BCUT2D eigenvalue weighted by Crippen LogP contribution is -2.47. The van der Waals surface area contributed by atoms with E-state index < -0.39 is 0 Å². The molecule has 0 saturated carbocycles. The molecule has 1 aliphatic rings. The summed E-state index contributed by atoms with van der Waals surface area (Å²) in [4.78, 5) is 20.9. The molecule has 0 atom stereocenters. The molecule has 1 amide bonds. The molecule has 2 rings (SSSR count). The number of hydrogen-bond donors (Lipinski definition) is 2. The van der Waals surface area contributed by atoms with Gasteiger partial charge in [-0.2, -0.15) is 0 Å². The first-order valence-electron chi connectivity index (χ1n) is 5.53. The van der Waals surface area contributed by atoms with Crippen LogP contribution >= 0.6 is 11.3 Å². The summed E-state index contributed by atoms with van der Waals surface area (Å²) in [6.07, 6.45) is 0. The molecule has 1 aliphatic heterocycles. The maximum Gasteiger partial charge on any atom is 0.267 e. The zero-order valence-electron chi connectivity index (χ0n) is 10.1. The summed E-state index contributed by atoms with van der Waals surface area (Å²) in [6, 6.07) is 0. The number of aromatic nitrogens is 1. The van der Waals surface area contributed by atoms with Gasteiger partial charge in [-0.05, 0) is 7.05 Å². The van der Waals surface area contributed by atoms with Crippen molar-refractivity contribution < 1.29 is 4.79 Å². The number of carbonyl (C=O) groups excluding carboxylic acids is 1. The van der Waals surface area contributed by atoms with Gasteiger partial charge in [-0.3, -0.25) is 4.79 Å². The largest absolute Gasteiger partial charge is 0.382 e. The van der Waals surface area contributed by atoms with Gasteiger partial charge >= 0.3 is 0 Å². The molecule has 1 saturated heterocycles. The van der Waals surface area contributed by atoms with Crippen molar-refractivity contribution in [3.63, 3.8) is 0 Å². The SMILES string of the molecule is CNc1nc(N)c(C(=O)N2CCN(C)CC2)s1.